The van der Waals surface area contributed by atoms with Crippen molar-refractivity contribution < 1.29 is 19.0 Å². The minimum Gasteiger partial charge on any atom is -0.495 e. The van der Waals surface area contributed by atoms with Crippen LogP contribution in [0.15, 0.2) is 60.7 Å². The van der Waals surface area contributed by atoms with E-state index in [1.54, 1.807) is 36.6 Å². The number of fused-ring (bicyclic) bond motifs is 2. The van der Waals surface area contributed by atoms with E-state index in [1.165, 1.54) is 0 Å². The Morgan fingerprint density at radius 3 is 2.70 bits per heavy atom. The number of anilines is 1. The lowest BCUT2D eigenvalue weighted by Crippen LogP contribution is -2.17. The van der Waals surface area contributed by atoms with Crippen LogP contribution in [0.3, 0.4) is 0 Å². The summed E-state index contributed by atoms with van der Waals surface area (Å²) in [6.45, 7) is 0.977. The fourth-order valence-electron chi connectivity index (χ4n) is 3.31. The van der Waals surface area contributed by atoms with Crippen molar-refractivity contribution in [1.29, 1.82) is 0 Å². The first kappa shape index (κ1) is 18.4. The first-order valence-corrected chi connectivity index (χ1v) is 10.3. The van der Waals surface area contributed by atoms with Crippen LogP contribution in [0.25, 0.3) is 20.8 Å². The third-order valence-corrected chi connectivity index (χ3v) is 5.88. The third-order valence-electron chi connectivity index (χ3n) is 4.79. The lowest BCUT2D eigenvalue weighted by atomic mass is 10.1. The molecule has 0 aliphatic carbocycles. The first-order chi connectivity index (χ1) is 14.7. The van der Waals surface area contributed by atoms with Crippen LogP contribution >= 0.6 is 11.3 Å². The van der Waals surface area contributed by atoms with Gasteiger partial charge in [0, 0.05) is 11.1 Å². The molecule has 1 aliphatic heterocycles. The second-order valence-corrected chi connectivity index (χ2v) is 7.75. The summed E-state index contributed by atoms with van der Waals surface area (Å²) in [6.07, 6.45) is 0. The zero-order valence-electron chi connectivity index (χ0n) is 16.2. The molecule has 1 N–H and O–H groups in total. The molecule has 0 radical (unpaired) electrons. The van der Waals surface area contributed by atoms with Gasteiger partial charge in [-0.2, -0.15) is 0 Å². The normalized spacial score (nSPS) is 12.6. The van der Waals surface area contributed by atoms with Gasteiger partial charge in [-0.3, -0.25) is 4.79 Å². The fourth-order valence-corrected chi connectivity index (χ4v) is 4.28. The summed E-state index contributed by atoms with van der Waals surface area (Å²) in [4.78, 5) is 17.6. The molecule has 5 rings (SSSR count). The maximum Gasteiger partial charge on any atom is 0.255 e. The molecule has 7 heteroatoms. The lowest BCUT2D eigenvalue weighted by Gasteiger charge is -2.19. The van der Waals surface area contributed by atoms with Crippen LogP contribution in [-0.2, 0) is 0 Å². The molecule has 2 heterocycles. The van der Waals surface area contributed by atoms with Crippen molar-refractivity contribution in [2.45, 2.75) is 0 Å². The summed E-state index contributed by atoms with van der Waals surface area (Å²) in [5, 5.41) is 3.83. The van der Waals surface area contributed by atoms with E-state index < -0.39 is 0 Å². The Hall–Kier alpha value is -3.58. The SMILES string of the molecule is COc1ccc(-c2nc3ccccc3s2)cc1NC(=O)c1ccc2c(c1)OCCO2. The standard InChI is InChI=1S/C23H18N2O4S/c1-27-18-8-7-15(23-25-16-4-2-3-5-21(16)30-23)12-17(18)24-22(26)14-6-9-19-20(13-14)29-11-10-28-19/h2-9,12-13H,10-11H2,1H3,(H,24,26). The summed E-state index contributed by atoms with van der Waals surface area (Å²) < 4.78 is 17.7. The van der Waals surface area contributed by atoms with Gasteiger partial charge in [-0.15, -0.1) is 11.3 Å². The summed E-state index contributed by atoms with van der Waals surface area (Å²) >= 11 is 1.61. The van der Waals surface area contributed by atoms with Gasteiger partial charge in [0.05, 0.1) is 23.0 Å². The minimum absolute atomic E-state index is 0.258. The van der Waals surface area contributed by atoms with E-state index in [0.717, 1.165) is 20.8 Å². The monoisotopic (exact) mass is 418 g/mol. The number of carbonyl (C=O) groups excluding carboxylic acids is 1. The summed E-state index contributed by atoms with van der Waals surface area (Å²) in [7, 11) is 1.58. The van der Waals surface area contributed by atoms with Crippen LogP contribution in [0.2, 0.25) is 0 Å². The number of benzene rings is 3. The number of rotatable bonds is 4. The van der Waals surface area contributed by atoms with Crippen molar-refractivity contribution in [3.8, 4) is 27.8 Å². The van der Waals surface area contributed by atoms with Crippen LogP contribution in [-0.4, -0.2) is 31.2 Å². The van der Waals surface area contributed by atoms with Gasteiger partial charge in [0.1, 0.15) is 24.0 Å². The van der Waals surface area contributed by atoms with E-state index in [9.17, 15) is 4.79 Å². The molecule has 6 nitrogen and oxygen atoms in total. The number of carbonyl (C=O) groups is 1. The van der Waals surface area contributed by atoms with E-state index in [-0.39, 0.29) is 5.91 Å². The molecule has 0 bridgehead atoms. The smallest absolute Gasteiger partial charge is 0.255 e. The van der Waals surface area contributed by atoms with Crippen molar-refractivity contribution >= 4 is 33.1 Å². The molecule has 1 aliphatic rings. The number of hydrogen-bond acceptors (Lipinski definition) is 6. The van der Waals surface area contributed by atoms with Gasteiger partial charge in [-0.05, 0) is 48.5 Å². The zero-order chi connectivity index (χ0) is 20.5. The number of aromatic nitrogens is 1. The molecule has 0 atom stereocenters. The van der Waals surface area contributed by atoms with Crippen LogP contribution in [0.1, 0.15) is 10.4 Å². The molecule has 0 spiro atoms. The van der Waals surface area contributed by atoms with E-state index in [1.807, 2.05) is 42.5 Å². The second kappa shape index (κ2) is 7.68. The van der Waals surface area contributed by atoms with E-state index in [4.69, 9.17) is 19.2 Å². The molecule has 30 heavy (non-hydrogen) atoms. The highest BCUT2D eigenvalue weighted by Gasteiger charge is 2.17. The minimum atomic E-state index is -0.258. The van der Waals surface area contributed by atoms with Crippen molar-refractivity contribution in [2.75, 3.05) is 25.6 Å². The van der Waals surface area contributed by atoms with Gasteiger partial charge < -0.3 is 19.5 Å². The van der Waals surface area contributed by atoms with Gasteiger partial charge in [-0.25, -0.2) is 4.98 Å². The Morgan fingerprint density at radius 1 is 1.03 bits per heavy atom. The Bertz CT molecular complexity index is 1220. The highest BCUT2D eigenvalue weighted by atomic mass is 32.1. The molecule has 0 saturated heterocycles. The highest BCUT2D eigenvalue weighted by Crippen LogP contribution is 2.36. The fraction of sp³-hybridized carbons (Fsp3) is 0.130. The van der Waals surface area contributed by atoms with Gasteiger partial charge in [-0.1, -0.05) is 12.1 Å². The van der Waals surface area contributed by atoms with Gasteiger partial charge in [0.15, 0.2) is 11.5 Å². The predicted molar refractivity (Wildman–Crippen MR) is 117 cm³/mol. The summed E-state index contributed by atoms with van der Waals surface area (Å²) in [6, 6.07) is 18.8. The number of methoxy groups -OCH3 is 1. The molecule has 1 aromatic heterocycles. The van der Waals surface area contributed by atoms with Gasteiger partial charge in [0.2, 0.25) is 0 Å². The van der Waals surface area contributed by atoms with Crippen LogP contribution < -0.4 is 19.5 Å². The zero-order valence-corrected chi connectivity index (χ0v) is 17.0. The Balaban J connectivity index is 1.46. The Morgan fingerprint density at radius 2 is 1.87 bits per heavy atom. The molecule has 1 amide bonds. The summed E-state index contributed by atoms with van der Waals surface area (Å²) in [5.74, 6) is 1.54. The Labute approximate surface area is 177 Å². The molecular formula is C23H18N2O4S. The van der Waals surface area contributed by atoms with E-state index in [0.29, 0.717) is 41.7 Å². The number of ether oxygens (including phenoxy) is 3. The molecule has 150 valence electrons. The van der Waals surface area contributed by atoms with Crippen molar-refractivity contribution in [3.05, 3.63) is 66.2 Å². The highest BCUT2D eigenvalue weighted by molar-refractivity contribution is 7.21. The number of thiazole rings is 1. The first-order valence-electron chi connectivity index (χ1n) is 9.46. The topological polar surface area (TPSA) is 69.7 Å². The molecule has 3 aromatic carbocycles. The molecule has 4 aromatic rings. The molecule has 0 unspecified atom stereocenters. The van der Waals surface area contributed by atoms with E-state index in [2.05, 4.69) is 5.32 Å². The maximum absolute atomic E-state index is 12.9. The quantitative estimate of drug-likeness (QED) is 0.505. The Kier molecular flexibility index (Phi) is 4.72. The number of amides is 1. The summed E-state index contributed by atoms with van der Waals surface area (Å²) in [5.41, 5.74) is 2.92. The molecule has 0 saturated carbocycles. The maximum atomic E-state index is 12.9. The van der Waals surface area contributed by atoms with Crippen molar-refractivity contribution in [2.24, 2.45) is 0 Å². The molecular weight excluding hydrogens is 400 g/mol. The predicted octanol–water partition coefficient (Wildman–Crippen LogP) is 5.00. The largest absolute Gasteiger partial charge is 0.495 e. The van der Waals surface area contributed by atoms with Crippen LogP contribution in [0.4, 0.5) is 5.69 Å². The van der Waals surface area contributed by atoms with Crippen molar-refractivity contribution in [1.82, 2.24) is 4.98 Å². The van der Waals surface area contributed by atoms with Crippen LogP contribution in [0.5, 0.6) is 17.2 Å². The third kappa shape index (κ3) is 3.44. The average Bonchev–Trinajstić information content (AvgIpc) is 3.23. The lowest BCUT2D eigenvalue weighted by molar-refractivity contribution is 0.102. The number of nitrogens with zero attached hydrogens (tertiary/aromatic N) is 1. The second-order valence-electron chi connectivity index (χ2n) is 6.71. The van der Waals surface area contributed by atoms with Gasteiger partial charge in [0.25, 0.3) is 5.91 Å². The number of para-hydroxylation sites is 1. The van der Waals surface area contributed by atoms with Crippen LogP contribution in [0, 0.1) is 0 Å². The molecule has 0 fully saturated rings. The van der Waals surface area contributed by atoms with E-state index >= 15 is 0 Å². The van der Waals surface area contributed by atoms with Gasteiger partial charge >= 0.3 is 0 Å². The number of nitrogens with one attached hydrogen (secondary N) is 1. The number of hydrogen-bond donors (Lipinski definition) is 1. The van der Waals surface area contributed by atoms with Crippen molar-refractivity contribution in [3.63, 3.8) is 0 Å². The average molecular weight is 418 g/mol.